The van der Waals surface area contributed by atoms with Crippen LogP contribution >= 0.6 is 11.8 Å². The monoisotopic (exact) mass is 287 g/mol. The summed E-state index contributed by atoms with van der Waals surface area (Å²) in [5.74, 6) is -1.08. The lowest BCUT2D eigenvalue weighted by atomic mass is 9.98. The fourth-order valence-electron chi connectivity index (χ4n) is 2.44. The number of hydrogen-bond donors (Lipinski definition) is 0. The second kappa shape index (κ2) is 4.70. The number of ether oxygens (including phenoxy) is 2. The van der Waals surface area contributed by atoms with Gasteiger partial charge in [0.15, 0.2) is 0 Å². The van der Waals surface area contributed by atoms with E-state index in [0.29, 0.717) is 6.42 Å². The maximum absolute atomic E-state index is 12.2. The first-order valence-corrected chi connectivity index (χ1v) is 6.97. The van der Waals surface area contributed by atoms with Crippen molar-refractivity contribution in [1.29, 1.82) is 0 Å². The number of nitrogens with zero attached hydrogens (tertiary/aromatic N) is 1. The number of β-lactam (4-membered cyclic amide) rings is 1. The third-order valence-electron chi connectivity index (χ3n) is 3.16. The van der Waals surface area contributed by atoms with Gasteiger partial charge in [0.1, 0.15) is 6.04 Å². The molecular formula is C12H17NO5S. The predicted molar refractivity (Wildman–Crippen MR) is 68.0 cm³/mol. The smallest absolute Gasteiger partial charge is 0.333 e. The van der Waals surface area contributed by atoms with E-state index in [0.717, 1.165) is 0 Å². The van der Waals surface area contributed by atoms with Crippen molar-refractivity contribution in [3.05, 3.63) is 0 Å². The van der Waals surface area contributed by atoms with E-state index >= 15 is 0 Å². The molecule has 7 heteroatoms. The van der Waals surface area contributed by atoms with E-state index in [-0.39, 0.29) is 11.3 Å². The molecule has 0 aromatic rings. The molecule has 106 valence electrons. The van der Waals surface area contributed by atoms with Gasteiger partial charge in [-0.25, -0.2) is 4.79 Å². The molecule has 0 N–H and O–H groups in total. The van der Waals surface area contributed by atoms with Crippen molar-refractivity contribution in [1.82, 2.24) is 4.90 Å². The summed E-state index contributed by atoms with van der Waals surface area (Å²) in [6, 6.07) is -0.623. The number of amides is 1. The van der Waals surface area contributed by atoms with Crippen LogP contribution in [-0.2, 0) is 23.9 Å². The Labute approximate surface area is 115 Å². The van der Waals surface area contributed by atoms with Gasteiger partial charge in [-0.1, -0.05) is 0 Å². The molecule has 0 spiro atoms. The lowest BCUT2D eigenvalue weighted by molar-refractivity contribution is -0.189. The summed E-state index contributed by atoms with van der Waals surface area (Å²) in [6.45, 7) is 6.54. The van der Waals surface area contributed by atoms with Crippen molar-refractivity contribution in [3.8, 4) is 0 Å². The van der Waals surface area contributed by atoms with E-state index < -0.39 is 29.0 Å². The van der Waals surface area contributed by atoms with Crippen molar-refractivity contribution in [2.24, 2.45) is 0 Å². The summed E-state index contributed by atoms with van der Waals surface area (Å²) in [4.78, 5) is 36.1. The molecule has 2 heterocycles. The molecule has 1 amide bonds. The highest BCUT2D eigenvalue weighted by Crippen LogP contribution is 2.50. The Balaban J connectivity index is 2.05. The molecule has 2 saturated heterocycles. The number of carbonyl (C=O) groups is 3. The zero-order chi connectivity index (χ0) is 14.4. The van der Waals surface area contributed by atoms with Gasteiger partial charge in [0.05, 0.1) is 11.8 Å². The van der Waals surface area contributed by atoms with Crippen LogP contribution in [0.5, 0.6) is 0 Å². The zero-order valence-electron chi connectivity index (χ0n) is 11.3. The Hall–Kier alpha value is -1.24. The maximum Gasteiger partial charge on any atom is 0.333 e. The number of fused-ring (bicyclic) bond motifs is 1. The summed E-state index contributed by atoms with van der Waals surface area (Å²) in [5, 5.41) is 0.0593. The quantitative estimate of drug-likeness (QED) is 0.436. The molecule has 0 bridgehead atoms. The number of carbonyl (C=O) groups excluding carboxylic acids is 3. The number of thioether (sulfide) groups is 1. The Bertz CT molecular complexity index is 436. The highest BCUT2D eigenvalue weighted by molar-refractivity contribution is 8.01. The molecule has 1 unspecified atom stereocenters. The number of rotatable bonds is 3. The van der Waals surface area contributed by atoms with Gasteiger partial charge in [0.2, 0.25) is 12.2 Å². The molecule has 2 fully saturated rings. The fraction of sp³-hybridized carbons (Fsp3) is 0.750. The number of esters is 2. The lowest BCUT2D eigenvalue weighted by Crippen LogP contribution is -2.57. The first-order chi connectivity index (χ1) is 8.72. The second-order valence-electron chi connectivity index (χ2n) is 5.20. The molecule has 0 aromatic heterocycles. The first-order valence-electron chi connectivity index (χ1n) is 6.09. The first kappa shape index (κ1) is 14.2. The molecule has 3 atom stereocenters. The molecule has 0 aliphatic carbocycles. The van der Waals surface area contributed by atoms with Crippen LogP contribution in [-0.4, -0.2) is 45.2 Å². The minimum atomic E-state index is -0.943. The predicted octanol–water partition coefficient (Wildman–Crippen LogP) is 0.891. The van der Waals surface area contributed by atoms with E-state index in [2.05, 4.69) is 0 Å². The van der Waals surface area contributed by atoms with Crippen molar-refractivity contribution >= 4 is 29.6 Å². The summed E-state index contributed by atoms with van der Waals surface area (Å²) in [6.07, 6.45) is -0.474. The van der Waals surface area contributed by atoms with E-state index in [1.54, 1.807) is 16.7 Å². The van der Waals surface area contributed by atoms with E-state index in [9.17, 15) is 14.4 Å². The molecule has 19 heavy (non-hydrogen) atoms. The van der Waals surface area contributed by atoms with Gasteiger partial charge in [0.25, 0.3) is 0 Å². The average Bonchev–Trinajstić information content (AvgIpc) is 2.43. The average molecular weight is 287 g/mol. The summed E-state index contributed by atoms with van der Waals surface area (Å²) in [7, 11) is 0. The lowest BCUT2D eigenvalue weighted by Gasteiger charge is -2.37. The molecule has 0 radical (unpaired) electrons. The van der Waals surface area contributed by atoms with Crippen molar-refractivity contribution in [3.63, 3.8) is 0 Å². The van der Waals surface area contributed by atoms with Crippen molar-refractivity contribution in [2.75, 3.05) is 0 Å². The van der Waals surface area contributed by atoms with Crippen LogP contribution < -0.4 is 0 Å². The Kier molecular flexibility index (Phi) is 3.51. The van der Waals surface area contributed by atoms with Gasteiger partial charge < -0.3 is 14.4 Å². The largest absolute Gasteiger partial charge is 0.426 e. The Morgan fingerprint density at radius 2 is 2.05 bits per heavy atom. The topological polar surface area (TPSA) is 72.9 Å². The number of hydrogen-bond acceptors (Lipinski definition) is 6. The van der Waals surface area contributed by atoms with E-state index in [1.165, 1.54) is 13.8 Å². The summed E-state index contributed by atoms with van der Waals surface area (Å²) >= 11 is 1.60. The van der Waals surface area contributed by atoms with Gasteiger partial charge in [-0.05, 0) is 13.8 Å². The normalized spacial score (nSPS) is 29.3. The summed E-state index contributed by atoms with van der Waals surface area (Å²) < 4.78 is 9.46. The Morgan fingerprint density at radius 3 is 2.58 bits per heavy atom. The summed E-state index contributed by atoms with van der Waals surface area (Å²) in [5.41, 5.74) is 0. The fourth-order valence-corrected chi connectivity index (χ4v) is 4.06. The zero-order valence-corrected chi connectivity index (χ0v) is 12.2. The van der Waals surface area contributed by atoms with Gasteiger partial charge in [-0.2, -0.15) is 0 Å². The van der Waals surface area contributed by atoms with Crippen LogP contribution in [0.4, 0.5) is 0 Å². The van der Waals surface area contributed by atoms with Gasteiger partial charge in [-0.15, -0.1) is 11.8 Å². The minimum absolute atomic E-state index is 0.0369. The molecule has 2 aliphatic heterocycles. The highest BCUT2D eigenvalue weighted by Gasteiger charge is 2.59. The van der Waals surface area contributed by atoms with Gasteiger partial charge in [0, 0.05) is 18.6 Å². The van der Waals surface area contributed by atoms with Crippen LogP contribution in [0.3, 0.4) is 0 Å². The molecule has 2 rings (SSSR count). The van der Waals surface area contributed by atoms with Crippen LogP contribution in [0, 0.1) is 0 Å². The molecule has 0 saturated carbocycles. The van der Waals surface area contributed by atoms with E-state index in [1.807, 2.05) is 13.8 Å². The maximum atomic E-state index is 12.2. The standard InChI is InChI=1S/C12H17NO5S/c1-6(14)17-7(2)18-11(16)10-12(3,4)19-9-5-8(15)13(9)10/h7,9-10H,5H2,1-4H3/t7?,9-,10+/m1/s1. The molecule has 0 aromatic carbocycles. The van der Waals surface area contributed by atoms with Crippen LogP contribution in [0.1, 0.15) is 34.1 Å². The van der Waals surface area contributed by atoms with Gasteiger partial charge >= 0.3 is 11.9 Å². The molecule has 6 nitrogen and oxygen atoms in total. The highest BCUT2D eigenvalue weighted by atomic mass is 32.2. The second-order valence-corrected chi connectivity index (χ2v) is 7.03. The van der Waals surface area contributed by atoms with Crippen LogP contribution in [0.2, 0.25) is 0 Å². The minimum Gasteiger partial charge on any atom is -0.426 e. The Morgan fingerprint density at radius 1 is 1.42 bits per heavy atom. The van der Waals surface area contributed by atoms with Crippen molar-refractivity contribution < 1.29 is 23.9 Å². The van der Waals surface area contributed by atoms with Crippen LogP contribution in [0.15, 0.2) is 0 Å². The van der Waals surface area contributed by atoms with E-state index in [4.69, 9.17) is 9.47 Å². The molecular weight excluding hydrogens is 270 g/mol. The van der Waals surface area contributed by atoms with Crippen LogP contribution in [0.25, 0.3) is 0 Å². The molecule has 2 aliphatic rings. The third-order valence-corrected chi connectivity index (χ3v) is 4.66. The van der Waals surface area contributed by atoms with Crippen molar-refractivity contribution in [2.45, 2.75) is 56.6 Å². The SMILES string of the molecule is CC(=O)OC(C)OC(=O)[C@@H]1N2C(=O)C[C@H]2SC1(C)C. The van der Waals surface area contributed by atoms with Gasteiger partial charge in [-0.3, -0.25) is 9.59 Å². The third kappa shape index (κ3) is 2.56.